The van der Waals surface area contributed by atoms with Crippen LogP contribution in [0.1, 0.15) is 32.7 Å². The Labute approximate surface area is 146 Å². The molecule has 0 saturated carbocycles. The van der Waals surface area contributed by atoms with E-state index in [4.69, 9.17) is 0 Å². The molecule has 2 aromatic carbocycles. The van der Waals surface area contributed by atoms with Gasteiger partial charge in [0.25, 0.3) is 11.8 Å². The summed E-state index contributed by atoms with van der Waals surface area (Å²) in [5, 5.41) is 0. The summed E-state index contributed by atoms with van der Waals surface area (Å²) in [6.07, 6.45) is 2.44. The first-order valence-corrected chi connectivity index (χ1v) is 9.76. The van der Waals surface area contributed by atoms with Crippen molar-refractivity contribution >= 4 is 27.5 Å². The normalized spacial score (nSPS) is 13.9. The molecule has 0 unspecified atom stereocenters. The Morgan fingerprint density at radius 1 is 1.04 bits per heavy atom. The second kappa shape index (κ2) is 6.68. The second-order valence-electron chi connectivity index (χ2n) is 5.97. The largest absolute Gasteiger partial charge is 0.308 e. The van der Waals surface area contributed by atoms with Gasteiger partial charge in [-0.1, -0.05) is 18.2 Å². The molecule has 0 radical (unpaired) electrons. The van der Waals surface area contributed by atoms with Crippen LogP contribution in [0, 0.1) is 0 Å². The smallest absolute Gasteiger partial charge is 0.264 e. The zero-order chi connectivity index (χ0) is 18.0. The molecule has 0 aliphatic carbocycles. The molecule has 1 aliphatic heterocycles. The highest BCUT2D eigenvalue weighted by molar-refractivity contribution is 7.89. The van der Waals surface area contributed by atoms with Gasteiger partial charge in [-0.05, 0) is 48.7 Å². The highest BCUT2D eigenvalue weighted by Crippen LogP contribution is 2.29. The van der Waals surface area contributed by atoms with Gasteiger partial charge in [-0.3, -0.25) is 9.59 Å². The van der Waals surface area contributed by atoms with Gasteiger partial charge in [0, 0.05) is 23.4 Å². The number of benzene rings is 2. The number of nitrogens with zero attached hydrogens (tertiary/aromatic N) is 1. The minimum atomic E-state index is -3.62. The van der Waals surface area contributed by atoms with Crippen LogP contribution in [-0.4, -0.2) is 33.0 Å². The van der Waals surface area contributed by atoms with Crippen molar-refractivity contribution in [3.05, 3.63) is 65.2 Å². The lowest BCUT2D eigenvalue weighted by Crippen LogP contribution is -2.36. The van der Waals surface area contributed by atoms with Gasteiger partial charge in [0.1, 0.15) is 0 Å². The molecule has 0 spiro atoms. The Morgan fingerprint density at radius 2 is 1.76 bits per heavy atom. The molecule has 3 rings (SSSR count). The van der Waals surface area contributed by atoms with E-state index in [-0.39, 0.29) is 11.5 Å². The summed E-state index contributed by atoms with van der Waals surface area (Å²) >= 11 is 0. The van der Waals surface area contributed by atoms with Gasteiger partial charge in [-0.15, -0.1) is 0 Å². The van der Waals surface area contributed by atoms with Gasteiger partial charge in [0.2, 0.25) is 10.0 Å². The highest BCUT2D eigenvalue weighted by atomic mass is 32.2. The molecule has 0 aromatic heterocycles. The first kappa shape index (κ1) is 17.2. The standard InChI is InChI=1S/C18H18N2O4S/c1-25(23,24)19-17(21)15-9-10-16-14(12-15)8-5-11-20(16)18(22)13-6-3-2-4-7-13/h2-4,6-7,9-10,12H,5,8,11H2,1H3,(H,19,21). The fraction of sp³-hybridized carbons (Fsp3) is 0.222. The van der Waals surface area contributed by atoms with Gasteiger partial charge >= 0.3 is 0 Å². The Morgan fingerprint density at radius 3 is 2.44 bits per heavy atom. The van der Waals surface area contributed by atoms with E-state index in [1.165, 1.54) is 6.07 Å². The Balaban J connectivity index is 1.90. The molecule has 2 aromatic rings. The van der Waals surface area contributed by atoms with Crippen LogP contribution < -0.4 is 9.62 Å². The summed E-state index contributed by atoms with van der Waals surface area (Å²) in [5.41, 5.74) is 2.49. The number of hydrogen-bond donors (Lipinski definition) is 1. The van der Waals surface area contributed by atoms with Crippen molar-refractivity contribution in [1.82, 2.24) is 4.72 Å². The predicted octanol–water partition coefficient (Wildman–Crippen LogP) is 1.97. The molecule has 0 bridgehead atoms. The highest BCUT2D eigenvalue weighted by Gasteiger charge is 2.24. The fourth-order valence-corrected chi connectivity index (χ4v) is 3.37. The number of sulfonamides is 1. The number of amides is 2. The van der Waals surface area contributed by atoms with Gasteiger partial charge in [-0.25, -0.2) is 13.1 Å². The molecular weight excluding hydrogens is 340 g/mol. The third kappa shape index (κ3) is 3.88. The molecule has 7 heteroatoms. The average molecular weight is 358 g/mol. The van der Waals surface area contributed by atoms with Gasteiger partial charge in [0.15, 0.2) is 0 Å². The maximum Gasteiger partial charge on any atom is 0.264 e. The van der Waals surface area contributed by atoms with Crippen LogP contribution in [0.2, 0.25) is 0 Å². The average Bonchev–Trinajstić information content (AvgIpc) is 2.59. The number of nitrogens with one attached hydrogen (secondary N) is 1. The fourth-order valence-electron chi connectivity index (χ4n) is 2.91. The van der Waals surface area contributed by atoms with Crippen molar-refractivity contribution in [3.63, 3.8) is 0 Å². The topological polar surface area (TPSA) is 83.6 Å². The number of anilines is 1. The molecular formula is C18H18N2O4S. The van der Waals surface area contributed by atoms with Gasteiger partial charge in [0.05, 0.1) is 6.26 Å². The number of hydrogen-bond acceptors (Lipinski definition) is 4. The van der Waals surface area contributed by atoms with Crippen molar-refractivity contribution in [3.8, 4) is 0 Å². The summed E-state index contributed by atoms with van der Waals surface area (Å²) in [7, 11) is -3.62. The first-order chi connectivity index (χ1) is 11.8. The minimum Gasteiger partial charge on any atom is -0.308 e. The molecule has 2 amide bonds. The van der Waals surface area contributed by atoms with Crippen molar-refractivity contribution in [1.29, 1.82) is 0 Å². The zero-order valence-corrected chi connectivity index (χ0v) is 14.5. The third-order valence-electron chi connectivity index (χ3n) is 4.00. The summed E-state index contributed by atoms with van der Waals surface area (Å²) in [4.78, 5) is 26.4. The lowest BCUT2D eigenvalue weighted by Gasteiger charge is -2.30. The van der Waals surface area contributed by atoms with Crippen LogP contribution in [0.25, 0.3) is 0 Å². The molecule has 6 nitrogen and oxygen atoms in total. The SMILES string of the molecule is CS(=O)(=O)NC(=O)c1ccc2c(c1)CCCN2C(=O)c1ccccc1. The quantitative estimate of drug-likeness (QED) is 0.909. The summed E-state index contributed by atoms with van der Waals surface area (Å²) in [6.45, 7) is 0.607. The molecule has 25 heavy (non-hydrogen) atoms. The van der Waals surface area contributed by atoms with E-state index in [0.717, 1.165) is 30.3 Å². The molecule has 1 N–H and O–H groups in total. The molecule has 1 aliphatic rings. The number of aryl methyl sites for hydroxylation is 1. The Kier molecular flexibility index (Phi) is 4.59. The van der Waals surface area contributed by atoms with E-state index in [1.54, 1.807) is 29.2 Å². The lowest BCUT2D eigenvalue weighted by atomic mass is 9.98. The zero-order valence-electron chi connectivity index (χ0n) is 13.7. The first-order valence-electron chi connectivity index (χ1n) is 7.87. The van der Waals surface area contributed by atoms with Gasteiger partial charge in [-0.2, -0.15) is 0 Å². The van der Waals surface area contributed by atoms with E-state index in [0.29, 0.717) is 12.1 Å². The van der Waals surface area contributed by atoms with E-state index in [9.17, 15) is 18.0 Å². The third-order valence-corrected chi connectivity index (χ3v) is 4.56. The van der Waals surface area contributed by atoms with Crippen molar-refractivity contribution < 1.29 is 18.0 Å². The van der Waals surface area contributed by atoms with E-state index in [2.05, 4.69) is 0 Å². The number of carbonyl (C=O) groups is 2. The van der Waals surface area contributed by atoms with Crippen LogP contribution >= 0.6 is 0 Å². The molecule has 0 atom stereocenters. The van der Waals surface area contributed by atoms with Crippen LogP contribution in [0.15, 0.2) is 48.5 Å². The molecule has 0 fully saturated rings. The second-order valence-corrected chi connectivity index (χ2v) is 7.72. The monoisotopic (exact) mass is 358 g/mol. The summed E-state index contributed by atoms with van der Waals surface area (Å²) in [6, 6.07) is 13.9. The number of fused-ring (bicyclic) bond motifs is 1. The lowest BCUT2D eigenvalue weighted by molar-refractivity contribution is 0.0977. The molecule has 1 heterocycles. The Bertz CT molecular complexity index is 923. The van der Waals surface area contributed by atoms with Crippen LogP contribution in [0.5, 0.6) is 0 Å². The van der Waals surface area contributed by atoms with E-state index < -0.39 is 15.9 Å². The number of rotatable bonds is 3. The van der Waals surface area contributed by atoms with E-state index in [1.807, 2.05) is 22.9 Å². The number of carbonyl (C=O) groups excluding carboxylic acids is 2. The summed E-state index contributed by atoms with van der Waals surface area (Å²) < 4.78 is 24.4. The molecule has 0 saturated heterocycles. The van der Waals surface area contributed by atoms with E-state index >= 15 is 0 Å². The van der Waals surface area contributed by atoms with Crippen molar-refractivity contribution in [2.24, 2.45) is 0 Å². The predicted molar refractivity (Wildman–Crippen MR) is 95.2 cm³/mol. The van der Waals surface area contributed by atoms with Crippen LogP contribution in [0.4, 0.5) is 5.69 Å². The maximum absolute atomic E-state index is 12.7. The molecule has 130 valence electrons. The van der Waals surface area contributed by atoms with Crippen molar-refractivity contribution in [2.75, 3.05) is 17.7 Å². The maximum atomic E-state index is 12.7. The summed E-state index contributed by atoms with van der Waals surface area (Å²) in [5.74, 6) is -0.758. The van der Waals surface area contributed by atoms with Crippen molar-refractivity contribution in [2.45, 2.75) is 12.8 Å². The minimum absolute atomic E-state index is 0.0881. The van der Waals surface area contributed by atoms with Gasteiger partial charge < -0.3 is 4.90 Å². The Hall–Kier alpha value is -2.67. The van der Waals surface area contributed by atoms with Crippen LogP contribution in [0.3, 0.4) is 0 Å². The van der Waals surface area contributed by atoms with Crippen LogP contribution in [-0.2, 0) is 16.4 Å².